The van der Waals surface area contributed by atoms with Gasteiger partial charge in [-0.05, 0) is 6.42 Å². The number of carboxylic acids is 1. The molecule has 0 aliphatic heterocycles. The van der Waals surface area contributed by atoms with Crippen molar-refractivity contribution in [2.75, 3.05) is 0 Å². The molecule has 1 aromatic heterocycles. The molecule has 0 aliphatic carbocycles. The molecule has 0 radical (unpaired) electrons. The Bertz CT molecular complexity index is 559. The predicted molar refractivity (Wildman–Crippen MR) is 61.2 cm³/mol. The topological polar surface area (TPSA) is 121 Å². The summed E-state index contributed by atoms with van der Waals surface area (Å²) in [6, 6.07) is 0.111. The number of hydrogen-bond acceptors (Lipinski definition) is 4. The second-order valence-corrected chi connectivity index (χ2v) is 3.60. The van der Waals surface area contributed by atoms with Gasteiger partial charge in [-0.15, -0.1) is 0 Å². The summed E-state index contributed by atoms with van der Waals surface area (Å²) in [7, 11) is 0. The Morgan fingerprint density at radius 1 is 1.50 bits per heavy atom. The van der Waals surface area contributed by atoms with Crippen molar-refractivity contribution in [3.63, 3.8) is 0 Å². The zero-order valence-corrected chi connectivity index (χ0v) is 9.67. The monoisotopic (exact) mass is 255 g/mol. The number of nitrogens with one attached hydrogen (secondary N) is 2. The molecular weight excluding hydrogens is 242 g/mol. The first kappa shape index (κ1) is 13.7. The lowest BCUT2D eigenvalue weighted by atomic mass is 10.2. The van der Waals surface area contributed by atoms with Crippen molar-refractivity contribution in [3.05, 3.63) is 33.1 Å². The number of carbonyl (C=O) groups is 2. The van der Waals surface area contributed by atoms with Gasteiger partial charge in [0, 0.05) is 12.3 Å². The van der Waals surface area contributed by atoms with Crippen molar-refractivity contribution in [1.82, 2.24) is 14.9 Å². The van der Waals surface area contributed by atoms with Gasteiger partial charge in [-0.3, -0.25) is 19.1 Å². The summed E-state index contributed by atoms with van der Waals surface area (Å²) in [6.45, 7) is 1.27. The van der Waals surface area contributed by atoms with Crippen molar-refractivity contribution in [1.29, 1.82) is 0 Å². The van der Waals surface area contributed by atoms with E-state index in [2.05, 4.69) is 5.32 Å². The Balaban J connectivity index is 2.73. The van der Waals surface area contributed by atoms with Gasteiger partial charge < -0.3 is 10.4 Å². The van der Waals surface area contributed by atoms with E-state index in [0.29, 0.717) is 0 Å². The maximum Gasteiger partial charge on any atom is 0.328 e. The molecule has 8 nitrogen and oxygen atoms in total. The van der Waals surface area contributed by atoms with Gasteiger partial charge in [0.2, 0.25) is 5.91 Å². The van der Waals surface area contributed by atoms with E-state index in [1.807, 2.05) is 4.98 Å². The Morgan fingerprint density at radius 3 is 2.67 bits per heavy atom. The smallest absolute Gasteiger partial charge is 0.328 e. The molecule has 1 amide bonds. The Hall–Kier alpha value is -2.38. The zero-order chi connectivity index (χ0) is 13.7. The van der Waals surface area contributed by atoms with Crippen LogP contribution in [0.25, 0.3) is 0 Å². The summed E-state index contributed by atoms with van der Waals surface area (Å²) in [6.07, 6.45) is 1.41. The molecule has 0 aliphatic rings. The Morgan fingerprint density at radius 2 is 2.17 bits per heavy atom. The van der Waals surface area contributed by atoms with Crippen LogP contribution in [-0.4, -0.2) is 32.6 Å². The van der Waals surface area contributed by atoms with E-state index in [9.17, 15) is 19.2 Å². The van der Waals surface area contributed by atoms with Crippen LogP contribution in [0.4, 0.5) is 0 Å². The average Bonchev–Trinajstić information content (AvgIpc) is 2.29. The van der Waals surface area contributed by atoms with Crippen LogP contribution in [0.2, 0.25) is 0 Å². The van der Waals surface area contributed by atoms with Crippen LogP contribution in [0.1, 0.15) is 13.3 Å². The van der Waals surface area contributed by atoms with Crippen molar-refractivity contribution in [2.24, 2.45) is 0 Å². The Labute approximate surface area is 101 Å². The number of carbonyl (C=O) groups excluding carboxylic acids is 1. The molecular formula is C10H13N3O5. The van der Waals surface area contributed by atoms with Crippen LogP contribution in [0.15, 0.2) is 21.9 Å². The van der Waals surface area contributed by atoms with E-state index in [0.717, 1.165) is 10.6 Å². The molecule has 1 heterocycles. The van der Waals surface area contributed by atoms with E-state index in [1.165, 1.54) is 6.20 Å². The average molecular weight is 255 g/mol. The number of rotatable bonds is 5. The van der Waals surface area contributed by atoms with Gasteiger partial charge in [-0.2, -0.15) is 0 Å². The third kappa shape index (κ3) is 3.58. The lowest BCUT2D eigenvalue weighted by Gasteiger charge is -2.12. The second kappa shape index (κ2) is 5.80. The van der Waals surface area contributed by atoms with Crippen LogP contribution in [-0.2, 0) is 16.1 Å². The minimum absolute atomic E-state index is 0.238. The number of aromatic amines is 1. The summed E-state index contributed by atoms with van der Waals surface area (Å²) in [4.78, 5) is 46.3. The van der Waals surface area contributed by atoms with Crippen LogP contribution < -0.4 is 16.6 Å². The third-order valence-electron chi connectivity index (χ3n) is 2.25. The van der Waals surface area contributed by atoms with Gasteiger partial charge in [0.05, 0.1) is 0 Å². The highest BCUT2D eigenvalue weighted by Gasteiger charge is 2.17. The highest BCUT2D eigenvalue weighted by Crippen LogP contribution is 1.91. The highest BCUT2D eigenvalue weighted by molar-refractivity contribution is 5.83. The van der Waals surface area contributed by atoms with Crippen molar-refractivity contribution < 1.29 is 14.7 Å². The van der Waals surface area contributed by atoms with Crippen molar-refractivity contribution in [3.8, 4) is 0 Å². The molecule has 98 valence electrons. The van der Waals surface area contributed by atoms with Gasteiger partial charge in [-0.1, -0.05) is 6.92 Å². The summed E-state index contributed by atoms with van der Waals surface area (Å²) >= 11 is 0. The highest BCUT2D eigenvalue weighted by atomic mass is 16.4. The lowest BCUT2D eigenvalue weighted by molar-refractivity contribution is -0.142. The van der Waals surface area contributed by atoms with Gasteiger partial charge in [0.1, 0.15) is 12.6 Å². The van der Waals surface area contributed by atoms with Crippen LogP contribution >= 0.6 is 0 Å². The van der Waals surface area contributed by atoms with Gasteiger partial charge in [0.25, 0.3) is 5.56 Å². The molecule has 8 heteroatoms. The first-order chi connectivity index (χ1) is 8.43. The molecule has 1 atom stereocenters. The number of carboxylic acid groups (broad SMARTS) is 1. The summed E-state index contributed by atoms with van der Waals surface area (Å²) in [5.41, 5.74) is -1.28. The van der Waals surface area contributed by atoms with Crippen LogP contribution in [0, 0.1) is 0 Å². The van der Waals surface area contributed by atoms with E-state index < -0.39 is 29.2 Å². The summed E-state index contributed by atoms with van der Waals surface area (Å²) in [5.74, 6) is -1.75. The van der Waals surface area contributed by atoms with Crippen LogP contribution in [0.3, 0.4) is 0 Å². The molecule has 18 heavy (non-hydrogen) atoms. The van der Waals surface area contributed by atoms with Gasteiger partial charge >= 0.3 is 11.7 Å². The molecule has 1 rings (SSSR count). The maximum atomic E-state index is 11.5. The minimum Gasteiger partial charge on any atom is -0.480 e. The fourth-order valence-corrected chi connectivity index (χ4v) is 1.30. The minimum atomic E-state index is -1.14. The van der Waals surface area contributed by atoms with Crippen molar-refractivity contribution >= 4 is 11.9 Å². The number of aromatic nitrogens is 2. The maximum absolute atomic E-state index is 11.5. The third-order valence-corrected chi connectivity index (χ3v) is 2.25. The first-order valence-electron chi connectivity index (χ1n) is 5.26. The number of aliphatic carboxylic acids is 1. The number of H-pyrrole nitrogens is 1. The zero-order valence-electron chi connectivity index (χ0n) is 9.67. The molecule has 3 N–H and O–H groups in total. The molecule has 0 aromatic carbocycles. The molecule has 1 unspecified atom stereocenters. The standard InChI is InChI=1S/C10H13N3O5/c1-2-6(9(16)17)11-8(15)5-13-4-3-7(14)12-10(13)18/h3-4,6H,2,5H2,1H3,(H,11,15)(H,16,17)(H,12,14,18). The van der Waals surface area contributed by atoms with Gasteiger partial charge in [-0.25, -0.2) is 9.59 Å². The first-order valence-corrected chi connectivity index (χ1v) is 5.26. The van der Waals surface area contributed by atoms with Gasteiger partial charge in [0.15, 0.2) is 0 Å². The lowest BCUT2D eigenvalue weighted by Crippen LogP contribution is -2.43. The SMILES string of the molecule is CCC(NC(=O)Cn1ccc(=O)[nH]c1=O)C(=O)O. The van der Waals surface area contributed by atoms with E-state index in [-0.39, 0.29) is 13.0 Å². The molecule has 0 bridgehead atoms. The van der Waals surface area contributed by atoms with E-state index >= 15 is 0 Å². The quantitative estimate of drug-likeness (QED) is 0.592. The fourth-order valence-electron chi connectivity index (χ4n) is 1.30. The Kier molecular flexibility index (Phi) is 4.41. The fraction of sp³-hybridized carbons (Fsp3) is 0.400. The number of nitrogens with zero attached hydrogens (tertiary/aromatic N) is 1. The van der Waals surface area contributed by atoms with E-state index in [1.54, 1.807) is 6.92 Å². The summed E-state index contributed by atoms with van der Waals surface area (Å²) < 4.78 is 0.977. The second-order valence-electron chi connectivity index (χ2n) is 3.60. The molecule has 0 spiro atoms. The summed E-state index contributed by atoms with van der Waals surface area (Å²) in [5, 5.41) is 11.0. The molecule has 0 fully saturated rings. The largest absolute Gasteiger partial charge is 0.480 e. The molecule has 1 aromatic rings. The van der Waals surface area contributed by atoms with E-state index in [4.69, 9.17) is 5.11 Å². The normalized spacial score (nSPS) is 11.8. The number of hydrogen-bond donors (Lipinski definition) is 3. The predicted octanol–water partition coefficient (Wildman–Crippen LogP) is -1.48. The van der Waals surface area contributed by atoms with Crippen molar-refractivity contribution in [2.45, 2.75) is 25.9 Å². The molecule has 0 saturated heterocycles. The van der Waals surface area contributed by atoms with Crippen LogP contribution in [0.5, 0.6) is 0 Å². The molecule has 0 saturated carbocycles. The number of amides is 1.